The van der Waals surface area contributed by atoms with Gasteiger partial charge in [-0.25, -0.2) is 4.98 Å². The lowest BCUT2D eigenvalue weighted by atomic mass is 9.92. The summed E-state index contributed by atoms with van der Waals surface area (Å²) >= 11 is 5.42. The Bertz CT molecular complexity index is 960. The summed E-state index contributed by atoms with van der Waals surface area (Å²) in [5, 5.41) is 6.93. The molecule has 156 valence electrons. The van der Waals surface area contributed by atoms with Crippen LogP contribution >= 0.6 is 12.2 Å². The Morgan fingerprint density at radius 3 is 2.53 bits per heavy atom. The number of piperidine rings is 1. The number of aromatic nitrogens is 1. The zero-order valence-electron chi connectivity index (χ0n) is 17.5. The predicted octanol–water partition coefficient (Wildman–Crippen LogP) is 5.31. The van der Waals surface area contributed by atoms with Crippen LogP contribution in [0, 0.1) is 11.8 Å². The summed E-state index contributed by atoms with van der Waals surface area (Å²) < 4.78 is 5.90. The molecule has 0 radical (unpaired) electrons. The normalized spacial score (nSPS) is 18.8. The van der Waals surface area contributed by atoms with Crippen LogP contribution in [0.2, 0.25) is 0 Å². The molecule has 1 fully saturated rings. The van der Waals surface area contributed by atoms with E-state index >= 15 is 0 Å². The maximum absolute atomic E-state index is 5.90. The van der Waals surface area contributed by atoms with Crippen molar-refractivity contribution in [3.8, 4) is 11.3 Å². The highest BCUT2D eigenvalue weighted by atomic mass is 32.1. The number of pyridine rings is 1. The first-order chi connectivity index (χ1) is 14.6. The summed E-state index contributed by atoms with van der Waals surface area (Å²) in [5.74, 6) is 4.12. The predicted molar refractivity (Wildman–Crippen MR) is 127 cm³/mol. The summed E-state index contributed by atoms with van der Waals surface area (Å²) in [7, 11) is 0. The van der Waals surface area contributed by atoms with Gasteiger partial charge in [0.15, 0.2) is 5.11 Å². The Morgan fingerprint density at radius 1 is 1.07 bits per heavy atom. The lowest BCUT2D eigenvalue weighted by Gasteiger charge is -2.35. The second-order valence-corrected chi connectivity index (χ2v) is 8.60. The van der Waals surface area contributed by atoms with Crippen LogP contribution in [-0.2, 0) is 6.54 Å². The Kier molecular flexibility index (Phi) is 6.33. The highest BCUT2D eigenvalue weighted by molar-refractivity contribution is 7.80. The monoisotopic (exact) mass is 420 g/mol. The molecule has 1 saturated heterocycles. The molecular weight excluding hydrogens is 392 g/mol. The number of nitrogens with zero attached hydrogens (tertiary/aromatic N) is 2. The van der Waals surface area contributed by atoms with Crippen LogP contribution in [0.25, 0.3) is 11.3 Å². The molecule has 2 N–H and O–H groups in total. The number of hydrogen-bond acceptors (Lipinski definition) is 4. The standard InChI is InChI=1S/C24H28N4OS/c1-17-12-18(2)16-28(15-17)23-11-8-20(13-25-23)27-24(30)26-14-21-9-10-22(29-21)19-6-4-3-5-7-19/h3-11,13,17-18H,12,14-16H2,1-2H3,(H2,26,27,30). The first kappa shape index (κ1) is 20.4. The third kappa shape index (κ3) is 5.19. The molecule has 2 atom stereocenters. The second-order valence-electron chi connectivity index (χ2n) is 8.20. The number of furan rings is 1. The second kappa shape index (κ2) is 9.30. The van der Waals surface area contributed by atoms with E-state index in [1.807, 2.05) is 54.7 Å². The Morgan fingerprint density at radius 2 is 1.83 bits per heavy atom. The van der Waals surface area contributed by atoms with Crippen molar-refractivity contribution in [2.45, 2.75) is 26.8 Å². The summed E-state index contributed by atoms with van der Waals surface area (Å²) in [4.78, 5) is 7.01. The summed E-state index contributed by atoms with van der Waals surface area (Å²) in [6, 6.07) is 18.1. The first-order valence-electron chi connectivity index (χ1n) is 10.5. The minimum absolute atomic E-state index is 0.522. The van der Waals surface area contributed by atoms with E-state index in [1.54, 1.807) is 0 Å². The molecular formula is C24H28N4OS. The number of nitrogens with one attached hydrogen (secondary N) is 2. The summed E-state index contributed by atoms with van der Waals surface area (Å²) in [5.41, 5.74) is 1.94. The van der Waals surface area contributed by atoms with Crippen LogP contribution in [0.3, 0.4) is 0 Å². The molecule has 0 saturated carbocycles. The molecule has 1 aliphatic heterocycles. The van der Waals surface area contributed by atoms with E-state index in [4.69, 9.17) is 16.6 Å². The molecule has 0 bridgehead atoms. The van der Waals surface area contributed by atoms with Crippen molar-refractivity contribution in [3.05, 3.63) is 66.6 Å². The molecule has 30 heavy (non-hydrogen) atoms. The van der Waals surface area contributed by atoms with E-state index in [1.165, 1.54) is 6.42 Å². The van der Waals surface area contributed by atoms with Gasteiger partial charge in [-0.15, -0.1) is 0 Å². The Hall–Kier alpha value is -2.86. The fourth-order valence-electron chi connectivity index (χ4n) is 4.07. The molecule has 0 amide bonds. The van der Waals surface area contributed by atoms with E-state index in [0.29, 0.717) is 23.5 Å². The fourth-order valence-corrected chi connectivity index (χ4v) is 4.26. The number of anilines is 2. The molecule has 2 aromatic heterocycles. The van der Waals surface area contributed by atoms with Gasteiger partial charge in [-0.1, -0.05) is 44.2 Å². The van der Waals surface area contributed by atoms with Gasteiger partial charge in [0.1, 0.15) is 17.3 Å². The molecule has 1 aliphatic rings. The third-order valence-corrected chi connectivity index (χ3v) is 5.59. The van der Waals surface area contributed by atoms with Gasteiger partial charge in [0.25, 0.3) is 0 Å². The average Bonchev–Trinajstić information content (AvgIpc) is 3.22. The van der Waals surface area contributed by atoms with E-state index in [2.05, 4.69) is 40.4 Å². The minimum atomic E-state index is 0.522. The van der Waals surface area contributed by atoms with Crippen LogP contribution in [-0.4, -0.2) is 23.2 Å². The molecule has 3 heterocycles. The van der Waals surface area contributed by atoms with E-state index in [9.17, 15) is 0 Å². The van der Waals surface area contributed by atoms with Crippen molar-refractivity contribution >= 4 is 28.8 Å². The zero-order valence-corrected chi connectivity index (χ0v) is 18.3. The van der Waals surface area contributed by atoms with Gasteiger partial charge in [0, 0.05) is 18.7 Å². The highest BCUT2D eigenvalue weighted by Gasteiger charge is 2.22. The maximum Gasteiger partial charge on any atom is 0.171 e. The Balaban J connectivity index is 1.29. The van der Waals surface area contributed by atoms with Crippen LogP contribution < -0.4 is 15.5 Å². The highest BCUT2D eigenvalue weighted by Crippen LogP contribution is 2.25. The van der Waals surface area contributed by atoms with Crippen LogP contribution in [0.15, 0.2) is 65.2 Å². The molecule has 2 unspecified atom stereocenters. The largest absolute Gasteiger partial charge is 0.459 e. The number of benzene rings is 1. The molecule has 6 heteroatoms. The lowest BCUT2D eigenvalue weighted by molar-refractivity contribution is 0.355. The summed E-state index contributed by atoms with van der Waals surface area (Å²) in [6.45, 7) is 7.28. The van der Waals surface area contributed by atoms with Gasteiger partial charge in [0.05, 0.1) is 18.4 Å². The van der Waals surface area contributed by atoms with Crippen molar-refractivity contribution in [1.82, 2.24) is 10.3 Å². The van der Waals surface area contributed by atoms with Crippen molar-refractivity contribution in [1.29, 1.82) is 0 Å². The van der Waals surface area contributed by atoms with Crippen LogP contribution in [0.5, 0.6) is 0 Å². The zero-order chi connectivity index (χ0) is 20.9. The fraction of sp³-hybridized carbons (Fsp3) is 0.333. The van der Waals surface area contributed by atoms with Crippen LogP contribution in [0.1, 0.15) is 26.0 Å². The number of hydrogen-bond donors (Lipinski definition) is 2. The van der Waals surface area contributed by atoms with Gasteiger partial charge in [-0.05, 0) is 54.7 Å². The van der Waals surface area contributed by atoms with Crippen molar-refractivity contribution in [3.63, 3.8) is 0 Å². The maximum atomic E-state index is 5.90. The van der Waals surface area contributed by atoms with Gasteiger partial charge >= 0.3 is 0 Å². The van der Waals surface area contributed by atoms with Gasteiger partial charge in [-0.3, -0.25) is 0 Å². The summed E-state index contributed by atoms with van der Waals surface area (Å²) in [6.07, 6.45) is 3.13. The van der Waals surface area contributed by atoms with E-state index in [-0.39, 0.29) is 0 Å². The molecule has 0 aliphatic carbocycles. The van der Waals surface area contributed by atoms with E-state index < -0.39 is 0 Å². The first-order valence-corrected chi connectivity index (χ1v) is 10.9. The number of thiocarbonyl (C=S) groups is 1. The smallest absolute Gasteiger partial charge is 0.171 e. The van der Waals surface area contributed by atoms with Gasteiger partial charge < -0.3 is 20.0 Å². The van der Waals surface area contributed by atoms with Crippen LogP contribution in [0.4, 0.5) is 11.5 Å². The van der Waals surface area contributed by atoms with Crippen molar-refractivity contribution in [2.75, 3.05) is 23.3 Å². The van der Waals surface area contributed by atoms with Crippen molar-refractivity contribution in [2.24, 2.45) is 11.8 Å². The van der Waals surface area contributed by atoms with Gasteiger partial charge in [0.2, 0.25) is 0 Å². The SMILES string of the molecule is CC1CC(C)CN(c2ccc(NC(=S)NCc3ccc(-c4ccccc4)o3)cn2)C1. The minimum Gasteiger partial charge on any atom is -0.459 e. The average molecular weight is 421 g/mol. The Labute approximate surface area is 183 Å². The molecule has 5 nitrogen and oxygen atoms in total. The number of rotatable bonds is 5. The molecule has 1 aromatic carbocycles. The van der Waals surface area contributed by atoms with Gasteiger partial charge in [-0.2, -0.15) is 0 Å². The molecule has 4 rings (SSSR count). The third-order valence-electron chi connectivity index (χ3n) is 5.34. The van der Waals surface area contributed by atoms with Crippen molar-refractivity contribution < 1.29 is 4.42 Å². The molecule has 3 aromatic rings. The quantitative estimate of drug-likeness (QED) is 0.546. The molecule has 0 spiro atoms. The van der Waals surface area contributed by atoms with E-state index in [0.717, 1.165) is 41.7 Å². The lowest BCUT2D eigenvalue weighted by Crippen LogP contribution is -2.39. The topological polar surface area (TPSA) is 53.3 Å².